The van der Waals surface area contributed by atoms with Crippen molar-refractivity contribution in [2.75, 3.05) is 14.1 Å². The lowest BCUT2D eigenvalue weighted by atomic mass is 9.81. The summed E-state index contributed by atoms with van der Waals surface area (Å²) in [6.07, 6.45) is 9.86. The summed E-state index contributed by atoms with van der Waals surface area (Å²) in [4.78, 5) is 17.5. The topological polar surface area (TPSA) is 84.3 Å². The fourth-order valence-corrected chi connectivity index (χ4v) is 5.90. The molecule has 33 heavy (non-hydrogen) atoms. The van der Waals surface area contributed by atoms with Gasteiger partial charge in [0.05, 0.1) is 5.69 Å². The Bertz CT molecular complexity index is 1320. The summed E-state index contributed by atoms with van der Waals surface area (Å²) in [5, 5.41) is 1.17. The van der Waals surface area contributed by atoms with Crippen LogP contribution in [0.25, 0.3) is 22.2 Å². The van der Waals surface area contributed by atoms with E-state index in [2.05, 4.69) is 20.3 Å². The Labute approximate surface area is 195 Å². The van der Waals surface area contributed by atoms with Crippen molar-refractivity contribution < 1.29 is 13.2 Å². The molecule has 1 aliphatic heterocycles. The molecule has 1 saturated carbocycles. The maximum atomic E-state index is 12.8. The van der Waals surface area contributed by atoms with Gasteiger partial charge in [-0.05, 0) is 61.4 Å². The van der Waals surface area contributed by atoms with Gasteiger partial charge in [0.1, 0.15) is 0 Å². The molecule has 1 aromatic carbocycles. The van der Waals surface area contributed by atoms with Gasteiger partial charge in [-0.25, -0.2) is 4.72 Å². The first-order valence-corrected chi connectivity index (χ1v) is 13.2. The molecule has 1 aliphatic carbocycles. The zero-order valence-corrected chi connectivity index (χ0v) is 20.0. The molecular weight excluding hydrogens is 436 g/mol. The Morgan fingerprint density at radius 1 is 1.12 bits per heavy atom. The number of pyridine rings is 1. The van der Waals surface area contributed by atoms with Gasteiger partial charge in [0, 0.05) is 54.6 Å². The molecule has 1 N–H and O–H groups in total. The van der Waals surface area contributed by atoms with E-state index in [1.54, 1.807) is 6.07 Å². The van der Waals surface area contributed by atoms with Crippen LogP contribution in [0.15, 0.2) is 36.5 Å². The molecule has 0 radical (unpaired) electrons. The van der Waals surface area contributed by atoms with Crippen molar-refractivity contribution >= 4 is 27.0 Å². The molecule has 8 heteroatoms. The number of benzene rings is 1. The Morgan fingerprint density at radius 3 is 2.67 bits per heavy atom. The van der Waals surface area contributed by atoms with Gasteiger partial charge in [-0.2, -0.15) is 12.7 Å². The van der Waals surface area contributed by atoms with Crippen LogP contribution in [0, 0.1) is 0 Å². The Morgan fingerprint density at radius 2 is 1.91 bits per heavy atom. The molecule has 5 rings (SSSR count). The van der Waals surface area contributed by atoms with Crippen LogP contribution in [0.3, 0.4) is 0 Å². The highest BCUT2D eigenvalue weighted by atomic mass is 32.2. The molecule has 0 unspecified atom stereocenters. The lowest BCUT2D eigenvalue weighted by Crippen LogP contribution is -2.39. The van der Waals surface area contributed by atoms with E-state index in [1.165, 1.54) is 68.4 Å². The van der Waals surface area contributed by atoms with Gasteiger partial charge < -0.3 is 4.57 Å². The van der Waals surface area contributed by atoms with Crippen LogP contribution < -0.4 is 4.72 Å². The molecule has 1 amide bonds. The standard InChI is InChI=1S/C25H30N4O3S/c1-28(2)33(31,32)27-25(30)18-12-13-20-22(16-18)29-15-7-11-21-19(10-6-14-26-21)24(29)23(20)17-8-4-3-5-9-17/h6,10,12-14,16-17H,3-5,7-9,11,15H2,1-2H3,(H,27,30). The molecule has 0 spiro atoms. The number of carbonyl (C=O) groups is 1. The monoisotopic (exact) mass is 466 g/mol. The third-order valence-electron chi connectivity index (χ3n) is 7.02. The number of fused-ring (bicyclic) bond motifs is 5. The largest absolute Gasteiger partial charge is 0.340 e. The number of nitrogens with one attached hydrogen (secondary N) is 1. The average molecular weight is 467 g/mol. The summed E-state index contributed by atoms with van der Waals surface area (Å²) in [7, 11) is -1.06. The zero-order valence-electron chi connectivity index (χ0n) is 19.2. The fraction of sp³-hybridized carbons (Fsp3) is 0.440. The van der Waals surface area contributed by atoms with Crippen LogP contribution in [-0.4, -0.2) is 42.3 Å². The number of hydrogen-bond acceptors (Lipinski definition) is 4. The molecule has 1 fully saturated rings. The van der Waals surface area contributed by atoms with Crippen molar-refractivity contribution in [2.24, 2.45) is 0 Å². The van der Waals surface area contributed by atoms with Gasteiger partial charge in [0.25, 0.3) is 5.91 Å². The van der Waals surface area contributed by atoms with Crippen LogP contribution in [0.2, 0.25) is 0 Å². The number of amides is 1. The summed E-state index contributed by atoms with van der Waals surface area (Å²) >= 11 is 0. The second-order valence-electron chi connectivity index (χ2n) is 9.30. The van der Waals surface area contributed by atoms with Crippen LogP contribution in [0.1, 0.15) is 66.1 Å². The first kappa shape index (κ1) is 22.1. The van der Waals surface area contributed by atoms with E-state index >= 15 is 0 Å². The van der Waals surface area contributed by atoms with E-state index in [4.69, 9.17) is 0 Å². The van der Waals surface area contributed by atoms with Crippen molar-refractivity contribution in [3.8, 4) is 11.3 Å². The molecule has 0 atom stereocenters. The van der Waals surface area contributed by atoms with Gasteiger partial charge in [-0.15, -0.1) is 0 Å². The predicted octanol–water partition coefficient (Wildman–Crippen LogP) is 4.23. The second-order valence-corrected chi connectivity index (χ2v) is 11.2. The lowest BCUT2D eigenvalue weighted by Gasteiger charge is -2.23. The van der Waals surface area contributed by atoms with Crippen molar-refractivity contribution in [2.45, 2.75) is 57.4 Å². The van der Waals surface area contributed by atoms with E-state index in [1.807, 2.05) is 24.4 Å². The van der Waals surface area contributed by atoms with Crippen LogP contribution in [-0.2, 0) is 23.2 Å². The van der Waals surface area contributed by atoms with Crippen LogP contribution in [0.5, 0.6) is 0 Å². The van der Waals surface area contributed by atoms with Crippen molar-refractivity contribution in [3.63, 3.8) is 0 Å². The van der Waals surface area contributed by atoms with Gasteiger partial charge in [0.15, 0.2) is 0 Å². The predicted molar refractivity (Wildman–Crippen MR) is 129 cm³/mol. The quantitative estimate of drug-likeness (QED) is 0.624. The maximum Gasteiger partial charge on any atom is 0.303 e. The molecule has 3 aromatic rings. The number of aromatic nitrogens is 2. The Kier molecular flexibility index (Phi) is 5.74. The summed E-state index contributed by atoms with van der Waals surface area (Å²) in [5.41, 5.74) is 6.26. The minimum atomic E-state index is -3.86. The van der Waals surface area contributed by atoms with Crippen LogP contribution >= 0.6 is 0 Å². The van der Waals surface area contributed by atoms with E-state index < -0.39 is 16.1 Å². The SMILES string of the molecule is CN(C)S(=O)(=O)NC(=O)c1ccc2c(C3CCCCC3)c3n(c2c1)CCCc1ncccc1-3. The molecule has 0 bridgehead atoms. The Hall–Kier alpha value is -2.71. The normalized spacial score (nSPS) is 16.9. The van der Waals surface area contributed by atoms with E-state index in [-0.39, 0.29) is 0 Å². The number of carbonyl (C=O) groups excluding carboxylic acids is 1. The lowest BCUT2D eigenvalue weighted by molar-refractivity contribution is 0.0980. The number of rotatable bonds is 4. The zero-order chi connectivity index (χ0) is 23.2. The summed E-state index contributed by atoms with van der Waals surface area (Å²) < 4.78 is 29.9. The van der Waals surface area contributed by atoms with E-state index in [0.29, 0.717) is 11.5 Å². The number of hydrogen-bond donors (Lipinski definition) is 1. The average Bonchev–Trinajstić information content (AvgIpc) is 3.00. The molecule has 174 valence electrons. The smallest absolute Gasteiger partial charge is 0.303 e. The summed E-state index contributed by atoms with van der Waals surface area (Å²) in [6, 6.07) is 9.78. The van der Waals surface area contributed by atoms with E-state index in [9.17, 15) is 13.2 Å². The highest BCUT2D eigenvalue weighted by Gasteiger charge is 2.29. The fourth-order valence-electron chi connectivity index (χ4n) is 5.37. The molecule has 2 aliphatic rings. The minimum absolute atomic E-state index is 0.346. The van der Waals surface area contributed by atoms with Crippen LogP contribution in [0.4, 0.5) is 0 Å². The second kappa shape index (κ2) is 8.57. The first-order valence-electron chi connectivity index (χ1n) is 11.7. The minimum Gasteiger partial charge on any atom is -0.340 e. The highest BCUT2D eigenvalue weighted by molar-refractivity contribution is 7.87. The first-order chi connectivity index (χ1) is 15.9. The molecular formula is C25H30N4O3S. The number of nitrogens with zero attached hydrogens (tertiary/aromatic N) is 3. The van der Waals surface area contributed by atoms with Crippen molar-refractivity contribution in [1.82, 2.24) is 18.6 Å². The van der Waals surface area contributed by atoms with Gasteiger partial charge in [0.2, 0.25) is 0 Å². The summed E-state index contributed by atoms with van der Waals surface area (Å²) in [6.45, 7) is 0.843. The molecule has 0 saturated heterocycles. The molecule has 3 heterocycles. The number of aryl methyl sites for hydroxylation is 2. The van der Waals surface area contributed by atoms with Crippen molar-refractivity contribution in [3.05, 3.63) is 53.3 Å². The van der Waals surface area contributed by atoms with Gasteiger partial charge in [-0.3, -0.25) is 9.78 Å². The van der Waals surface area contributed by atoms with Crippen molar-refractivity contribution in [1.29, 1.82) is 0 Å². The Balaban J connectivity index is 1.69. The molecule has 2 aromatic heterocycles. The van der Waals surface area contributed by atoms with Gasteiger partial charge >= 0.3 is 10.2 Å². The third kappa shape index (κ3) is 3.95. The molecule has 7 nitrogen and oxygen atoms in total. The summed E-state index contributed by atoms with van der Waals surface area (Å²) in [5.74, 6) is -0.131. The third-order valence-corrected chi connectivity index (χ3v) is 8.43. The van der Waals surface area contributed by atoms with E-state index in [0.717, 1.165) is 34.9 Å². The van der Waals surface area contributed by atoms with Gasteiger partial charge in [-0.1, -0.05) is 25.3 Å². The highest BCUT2D eigenvalue weighted by Crippen LogP contribution is 2.45. The maximum absolute atomic E-state index is 12.8.